The minimum absolute atomic E-state index is 0.264. The number of hydrogen-bond acceptors (Lipinski definition) is 5. The molecule has 0 saturated carbocycles. The van der Waals surface area contributed by atoms with Crippen LogP contribution in [-0.4, -0.2) is 30.2 Å². The molecule has 1 aromatic rings. The second kappa shape index (κ2) is 3.19. The van der Waals surface area contributed by atoms with Crippen LogP contribution in [0, 0.1) is 0 Å². The van der Waals surface area contributed by atoms with Crippen LogP contribution in [0.15, 0.2) is 17.2 Å². The van der Waals surface area contributed by atoms with Crippen molar-refractivity contribution in [1.29, 1.82) is 0 Å². The van der Waals surface area contributed by atoms with Gasteiger partial charge in [0.1, 0.15) is 5.75 Å². The summed E-state index contributed by atoms with van der Waals surface area (Å²) in [5, 5.41) is 8.90. The molecule has 2 N–H and O–H groups in total. The Kier molecular flexibility index (Phi) is 2.39. The molecule has 13 heavy (non-hydrogen) atoms. The van der Waals surface area contributed by atoms with Crippen molar-refractivity contribution in [1.82, 2.24) is 4.98 Å². The molecule has 0 amide bonds. The van der Waals surface area contributed by atoms with Crippen molar-refractivity contribution in [3.63, 3.8) is 0 Å². The number of pyridine rings is 1. The molecular weight excluding hydrogens is 198 g/mol. The Morgan fingerprint density at radius 2 is 2.15 bits per heavy atom. The van der Waals surface area contributed by atoms with Crippen LogP contribution in [0.5, 0.6) is 11.6 Å². The van der Waals surface area contributed by atoms with Crippen molar-refractivity contribution in [3.8, 4) is 11.6 Å². The summed E-state index contributed by atoms with van der Waals surface area (Å²) in [5.74, 6) is -0.631. The van der Waals surface area contributed by atoms with Crippen molar-refractivity contribution in [3.05, 3.63) is 12.3 Å². The Morgan fingerprint density at radius 3 is 2.62 bits per heavy atom. The number of aromatic nitrogens is 1. The maximum absolute atomic E-state index is 10.7. The first-order valence-corrected chi connectivity index (χ1v) is 4.59. The van der Waals surface area contributed by atoms with Gasteiger partial charge in [-0.25, -0.2) is 4.98 Å². The van der Waals surface area contributed by atoms with Crippen molar-refractivity contribution in [2.45, 2.75) is 4.90 Å². The Morgan fingerprint density at radius 1 is 1.54 bits per heavy atom. The van der Waals surface area contributed by atoms with Gasteiger partial charge < -0.3 is 9.84 Å². The lowest BCUT2D eigenvalue weighted by Gasteiger charge is -2.03. The standard InChI is InChI=1S/C6H7NO5S/c1-12-6-5(13(9,10)11)2-4(8)3-7-6/h2-3,8H,1H3,(H,9,10,11). The molecule has 0 aliphatic rings. The number of ether oxygens (including phenoxy) is 1. The minimum atomic E-state index is -4.42. The fourth-order valence-electron chi connectivity index (χ4n) is 0.760. The SMILES string of the molecule is COc1ncc(O)cc1S(=O)(=O)O. The van der Waals surface area contributed by atoms with Crippen LogP contribution >= 0.6 is 0 Å². The van der Waals surface area contributed by atoms with E-state index in [0.29, 0.717) is 0 Å². The molecule has 0 atom stereocenters. The van der Waals surface area contributed by atoms with Crippen LogP contribution in [0.25, 0.3) is 0 Å². The average Bonchev–Trinajstić information content (AvgIpc) is 2.03. The van der Waals surface area contributed by atoms with Crippen molar-refractivity contribution in [2.24, 2.45) is 0 Å². The molecule has 0 aliphatic carbocycles. The van der Waals surface area contributed by atoms with Crippen molar-refractivity contribution in [2.75, 3.05) is 7.11 Å². The molecule has 0 aromatic carbocycles. The average molecular weight is 205 g/mol. The Bertz CT molecular complexity index is 413. The quantitative estimate of drug-likeness (QED) is 0.662. The predicted molar refractivity (Wildman–Crippen MR) is 42.3 cm³/mol. The summed E-state index contributed by atoms with van der Waals surface area (Å²) >= 11 is 0. The lowest BCUT2D eigenvalue weighted by Crippen LogP contribution is -2.02. The number of rotatable bonds is 2. The Labute approximate surface area is 74.6 Å². The lowest BCUT2D eigenvalue weighted by molar-refractivity contribution is 0.375. The molecule has 0 saturated heterocycles. The van der Waals surface area contributed by atoms with Gasteiger partial charge in [0, 0.05) is 6.07 Å². The molecule has 72 valence electrons. The van der Waals surface area contributed by atoms with Crippen LogP contribution in [0.3, 0.4) is 0 Å². The Balaban J connectivity index is 3.41. The highest BCUT2D eigenvalue weighted by Gasteiger charge is 2.18. The van der Waals surface area contributed by atoms with E-state index in [1.165, 1.54) is 7.11 Å². The third-order valence-electron chi connectivity index (χ3n) is 1.28. The zero-order chi connectivity index (χ0) is 10.1. The van der Waals surface area contributed by atoms with Gasteiger partial charge in [-0.2, -0.15) is 8.42 Å². The molecule has 0 aliphatic heterocycles. The summed E-state index contributed by atoms with van der Waals surface area (Å²) in [6.07, 6.45) is 1.01. The van der Waals surface area contributed by atoms with Gasteiger partial charge in [0.2, 0.25) is 5.88 Å². The molecule has 0 unspecified atom stereocenters. The largest absolute Gasteiger partial charge is 0.506 e. The second-order valence-electron chi connectivity index (χ2n) is 2.18. The topological polar surface area (TPSA) is 96.7 Å². The first-order chi connectivity index (χ1) is 5.95. The van der Waals surface area contributed by atoms with Gasteiger partial charge in [-0.3, -0.25) is 4.55 Å². The normalized spacial score (nSPS) is 11.2. The van der Waals surface area contributed by atoms with E-state index in [2.05, 4.69) is 9.72 Å². The molecule has 0 spiro atoms. The van der Waals surface area contributed by atoms with Crippen LogP contribution in [0.2, 0.25) is 0 Å². The molecule has 1 rings (SSSR count). The van der Waals surface area contributed by atoms with Crippen molar-refractivity contribution < 1.29 is 22.8 Å². The van der Waals surface area contributed by atoms with E-state index in [-0.39, 0.29) is 11.6 Å². The fraction of sp³-hybridized carbons (Fsp3) is 0.167. The van der Waals surface area contributed by atoms with Crippen LogP contribution < -0.4 is 4.74 Å². The summed E-state index contributed by atoms with van der Waals surface area (Å²) in [5.41, 5.74) is 0. The molecular formula is C6H7NO5S. The van der Waals surface area contributed by atoms with Gasteiger partial charge in [0.05, 0.1) is 13.3 Å². The molecule has 0 bridgehead atoms. The Hall–Kier alpha value is -1.34. The minimum Gasteiger partial charge on any atom is -0.506 e. The van der Waals surface area contributed by atoms with Gasteiger partial charge in [-0.05, 0) is 0 Å². The number of nitrogens with zero attached hydrogens (tertiary/aromatic N) is 1. The summed E-state index contributed by atoms with van der Waals surface area (Å²) in [7, 11) is -3.21. The smallest absolute Gasteiger partial charge is 0.300 e. The number of hydrogen-bond donors (Lipinski definition) is 2. The van der Waals surface area contributed by atoms with Crippen molar-refractivity contribution >= 4 is 10.1 Å². The van der Waals surface area contributed by atoms with Crippen LogP contribution in [0.4, 0.5) is 0 Å². The van der Waals surface area contributed by atoms with Gasteiger partial charge in [0.25, 0.3) is 10.1 Å². The second-order valence-corrected chi connectivity index (χ2v) is 3.57. The van der Waals surface area contributed by atoms with E-state index in [1.54, 1.807) is 0 Å². The van der Waals surface area contributed by atoms with E-state index in [9.17, 15) is 8.42 Å². The third-order valence-corrected chi connectivity index (χ3v) is 2.12. The highest BCUT2D eigenvalue weighted by atomic mass is 32.2. The van der Waals surface area contributed by atoms with E-state index in [1.807, 2.05) is 0 Å². The summed E-state index contributed by atoms with van der Waals surface area (Å²) in [4.78, 5) is 2.89. The summed E-state index contributed by atoms with van der Waals surface area (Å²) in [6, 6.07) is 0.848. The van der Waals surface area contributed by atoms with Gasteiger partial charge >= 0.3 is 0 Å². The molecule has 1 heterocycles. The molecule has 6 nitrogen and oxygen atoms in total. The van der Waals surface area contributed by atoms with Gasteiger partial charge in [-0.1, -0.05) is 0 Å². The maximum Gasteiger partial charge on any atom is 0.300 e. The van der Waals surface area contributed by atoms with E-state index in [0.717, 1.165) is 12.3 Å². The molecule has 0 fully saturated rings. The number of methoxy groups -OCH3 is 1. The highest BCUT2D eigenvalue weighted by molar-refractivity contribution is 7.86. The van der Waals surface area contributed by atoms with Gasteiger partial charge in [0.15, 0.2) is 4.90 Å². The zero-order valence-electron chi connectivity index (χ0n) is 6.63. The first-order valence-electron chi connectivity index (χ1n) is 3.15. The van der Waals surface area contributed by atoms with Gasteiger partial charge in [-0.15, -0.1) is 0 Å². The third kappa shape index (κ3) is 2.07. The molecule has 7 heteroatoms. The van der Waals surface area contributed by atoms with E-state index < -0.39 is 15.0 Å². The molecule has 1 aromatic heterocycles. The molecule has 0 radical (unpaired) electrons. The van der Waals surface area contributed by atoms with E-state index in [4.69, 9.17) is 9.66 Å². The lowest BCUT2D eigenvalue weighted by atomic mass is 10.4. The zero-order valence-corrected chi connectivity index (χ0v) is 7.45. The van der Waals surface area contributed by atoms with Crippen LogP contribution in [-0.2, 0) is 10.1 Å². The predicted octanol–water partition coefficient (Wildman–Crippen LogP) is 0.0425. The first kappa shape index (κ1) is 9.75. The van der Waals surface area contributed by atoms with Crippen LogP contribution in [0.1, 0.15) is 0 Å². The number of aromatic hydroxyl groups is 1. The highest BCUT2D eigenvalue weighted by Crippen LogP contribution is 2.23. The summed E-state index contributed by atoms with van der Waals surface area (Å²) in [6.45, 7) is 0. The monoisotopic (exact) mass is 205 g/mol. The maximum atomic E-state index is 10.7. The summed E-state index contributed by atoms with van der Waals surface area (Å²) < 4.78 is 34.6. The fourth-order valence-corrected chi connectivity index (χ4v) is 1.39. The van der Waals surface area contributed by atoms with E-state index >= 15 is 0 Å².